The third kappa shape index (κ3) is 2.22. The maximum Gasteiger partial charge on any atom is 0.287 e. The van der Waals surface area contributed by atoms with Crippen LogP contribution in [0.15, 0.2) is 29.3 Å². The van der Waals surface area contributed by atoms with Crippen LogP contribution in [0.5, 0.6) is 0 Å². The maximum absolute atomic E-state index is 12.0. The molecule has 8 heteroatoms. The summed E-state index contributed by atoms with van der Waals surface area (Å²) in [5.74, 6) is 0. The van der Waals surface area contributed by atoms with E-state index in [9.17, 15) is 4.79 Å². The molecule has 5 rings (SSSR count). The Balaban J connectivity index is 1.58. The van der Waals surface area contributed by atoms with E-state index in [-0.39, 0.29) is 10.6 Å². The van der Waals surface area contributed by atoms with Crippen molar-refractivity contribution in [3.05, 3.63) is 45.6 Å². The number of aryl methyl sites for hydroxylation is 1. The number of nitriles is 1. The zero-order chi connectivity index (χ0) is 16.8. The molecule has 3 aliphatic heterocycles. The van der Waals surface area contributed by atoms with Crippen molar-refractivity contribution in [2.24, 2.45) is 7.05 Å². The molecule has 122 valence electrons. The first-order valence-corrected chi connectivity index (χ1v) is 8.07. The first-order valence-electron chi connectivity index (χ1n) is 7.69. The van der Waals surface area contributed by atoms with Gasteiger partial charge < -0.3 is 9.80 Å². The minimum atomic E-state index is -0.280. The Morgan fingerprint density at radius 1 is 1.38 bits per heavy atom. The lowest BCUT2D eigenvalue weighted by Crippen LogP contribution is -2.69. The van der Waals surface area contributed by atoms with E-state index in [1.807, 2.05) is 12.1 Å². The Morgan fingerprint density at radius 3 is 2.83 bits per heavy atom. The van der Waals surface area contributed by atoms with Gasteiger partial charge in [-0.2, -0.15) is 10.4 Å². The van der Waals surface area contributed by atoms with E-state index in [0.717, 1.165) is 25.2 Å². The van der Waals surface area contributed by atoms with Crippen LogP contribution in [0.4, 0.5) is 11.4 Å². The molecule has 2 bridgehead atoms. The van der Waals surface area contributed by atoms with Crippen LogP contribution in [0, 0.1) is 11.3 Å². The van der Waals surface area contributed by atoms with E-state index in [2.05, 4.69) is 26.0 Å². The number of piperidine rings is 1. The number of pyridine rings is 1. The molecule has 0 spiro atoms. The third-order valence-electron chi connectivity index (χ3n) is 4.75. The summed E-state index contributed by atoms with van der Waals surface area (Å²) in [6.45, 7) is 1.55. The van der Waals surface area contributed by atoms with Crippen LogP contribution in [-0.4, -0.2) is 39.9 Å². The van der Waals surface area contributed by atoms with Gasteiger partial charge in [-0.25, -0.2) is 9.67 Å². The molecule has 2 aromatic rings. The minimum Gasteiger partial charge on any atom is -0.365 e. The van der Waals surface area contributed by atoms with Gasteiger partial charge in [0.15, 0.2) is 0 Å². The molecule has 24 heavy (non-hydrogen) atoms. The summed E-state index contributed by atoms with van der Waals surface area (Å²) in [6, 6.07) is 6.50. The summed E-state index contributed by atoms with van der Waals surface area (Å²) >= 11 is 6.21. The second-order valence-electron chi connectivity index (χ2n) is 6.14. The molecule has 3 fully saturated rings. The van der Waals surface area contributed by atoms with Crippen molar-refractivity contribution in [1.82, 2.24) is 14.8 Å². The first kappa shape index (κ1) is 15.0. The maximum atomic E-state index is 12.0. The standard InChI is InChI=1S/C16H15ClN6O/c1-21-16(24)15(17)14(7-20-21)22-8-12-5-13(9-22)23(12)11-2-3-19-10(4-11)6-18/h2-4,7,12-13H,5,8-9H2,1H3. The second kappa shape index (κ2) is 5.49. The normalized spacial score (nSPS) is 22.0. The van der Waals surface area contributed by atoms with Gasteiger partial charge >= 0.3 is 0 Å². The fraction of sp³-hybridized carbons (Fsp3) is 0.375. The van der Waals surface area contributed by atoms with Crippen LogP contribution in [-0.2, 0) is 7.05 Å². The van der Waals surface area contributed by atoms with Crippen LogP contribution in [0.3, 0.4) is 0 Å². The van der Waals surface area contributed by atoms with Crippen LogP contribution in [0.25, 0.3) is 0 Å². The van der Waals surface area contributed by atoms with Crippen LogP contribution in [0.1, 0.15) is 12.1 Å². The number of nitrogens with zero attached hydrogens (tertiary/aromatic N) is 6. The Labute approximate surface area is 143 Å². The summed E-state index contributed by atoms with van der Waals surface area (Å²) in [4.78, 5) is 20.4. The number of hydrogen-bond acceptors (Lipinski definition) is 6. The van der Waals surface area contributed by atoms with Crippen molar-refractivity contribution in [1.29, 1.82) is 5.26 Å². The average molecular weight is 343 g/mol. The predicted octanol–water partition coefficient (Wildman–Crippen LogP) is 1.17. The highest BCUT2D eigenvalue weighted by molar-refractivity contribution is 6.33. The number of fused-ring (bicyclic) bond motifs is 2. The molecule has 0 aliphatic carbocycles. The van der Waals surface area contributed by atoms with Gasteiger partial charge in [-0.15, -0.1) is 0 Å². The first-order chi connectivity index (χ1) is 11.6. The summed E-state index contributed by atoms with van der Waals surface area (Å²) in [5.41, 5.74) is 1.86. The van der Waals surface area contributed by atoms with E-state index in [1.165, 1.54) is 4.68 Å². The summed E-state index contributed by atoms with van der Waals surface area (Å²) in [6.07, 6.45) is 4.41. The monoisotopic (exact) mass is 342 g/mol. The fourth-order valence-corrected chi connectivity index (χ4v) is 3.88. The van der Waals surface area contributed by atoms with E-state index in [4.69, 9.17) is 16.9 Å². The van der Waals surface area contributed by atoms with Crippen LogP contribution >= 0.6 is 11.6 Å². The van der Waals surface area contributed by atoms with E-state index < -0.39 is 0 Å². The smallest absolute Gasteiger partial charge is 0.287 e. The van der Waals surface area contributed by atoms with Gasteiger partial charge in [0.05, 0.1) is 11.9 Å². The molecule has 2 aromatic heterocycles. The van der Waals surface area contributed by atoms with Gasteiger partial charge in [0, 0.05) is 44.1 Å². The molecule has 3 saturated heterocycles. The molecular weight excluding hydrogens is 328 g/mol. The highest BCUT2D eigenvalue weighted by Gasteiger charge is 2.45. The van der Waals surface area contributed by atoms with Crippen molar-refractivity contribution < 1.29 is 0 Å². The van der Waals surface area contributed by atoms with E-state index >= 15 is 0 Å². The zero-order valence-corrected chi connectivity index (χ0v) is 13.8. The van der Waals surface area contributed by atoms with Crippen molar-refractivity contribution in [3.8, 4) is 6.07 Å². The molecular formula is C16H15ClN6O. The Bertz CT molecular complexity index is 892. The van der Waals surface area contributed by atoms with Gasteiger partial charge in [-0.3, -0.25) is 4.79 Å². The quantitative estimate of drug-likeness (QED) is 0.815. The van der Waals surface area contributed by atoms with Gasteiger partial charge in [0.1, 0.15) is 16.8 Å². The fourth-order valence-electron chi connectivity index (χ4n) is 3.59. The number of anilines is 2. The number of rotatable bonds is 2. The van der Waals surface area contributed by atoms with Crippen LogP contribution < -0.4 is 15.4 Å². The van der Waals surface area contributed by atoms with Gasteiger partial charge in [0.25, 0.3) is 5.56 Å². The molecule has 0 N–H and O–H groups in total. The average Bonchev–Trinajstić information content (AvgIpc) is 2.60. The molecule has 0 saturated carbocycles. The molecule has 3 aliphatic rings. The largest absolute Gasteiger partial charge is 0.365 e. The number of aromatic nitrogens is 3. The van der Waals surface area contributed by atoms with E-state index in [1.54, 1.807) is 19.4 Å². The summed E-state index contributed by atoms with van der Waals surface area (Å²) < 4.78 is 1.24. The summed E-state index contributed by atoms with van der Waals surface area (Å²) in [5, 5.41) is 13.3. The number of piperazine rings is 1. The molecule has 0 amide bonds. The Morgan fingerprint density at radius 2 is 2.12 bits per heavy atom. The lowest BCUT2D eigenvalue weighted by Gasteiger charge is -2.58. The lowest BCUT2D eigenvalue weighted by molar-refractivity contribution is 0.291. The zero-order valence-electron chi connectivity index (χ0n) is 13.1. The van der Waals surface area contributed by atoms with Gasteiger partial charge in [-0.05, 0) is 18.6 Å². The summed E-state index contributed by atoms with van der Waals surface area (Å²) in [7, 11) is 1.59. The van der Waals surface area contributed by atoms with Gasteiger partial charge in [0.2, 0.25) is 0 Å². The molecule has 0 aromatic carbocycles. The third-order valence-corrected chi connectivity index (χ3v) is 5.11. The van der Waals surface area contributed by atoms with Crippen molar-refractivity contribution in [3.63, 3.8) is 0 Å². The molecule has 7 nitrogen and oxygen atoms in total. The second-order valence-corrected chi connectivity index (χ2v) is 6.52. The molecule has 2 atom stereocenters. The SMILES string of the molecule is Cn1ncc(N2CC3CC(C2)N3c2ccnc(C#N)c2)c(Cl)c1=O. The highest BCUT2D eigenvalue weighted by Crippen LogP contribution is 2.39. The van der Waals surface area contributed by atoms with Gasteiger partial charge in [-0.1, -0.05) is 11.6 Å². The number of halogens is 1. The molecule has 2 unspecified atom stereocenters. The Hall–Kier alpha value is -2.59. The van der Waals surface area contributed by atoms with Crippen molar-refractivity contribution in [2.75, 3.05) is 22.9 Å². The predicted molar refractivity (Wildman–Crippen MR) is 90.3 cm³/mol. The molecule has 0 radical (unpaired) electrons. The topological polar surface area (TPSA) is 78.1 Å². The lowest BCUT2D eigenvalue weighted by atomic mass is 9.86. The minimum absolute atomic E-state index is 0.219. The number of hydrogen-bond donors (Lipinski definition) is 0. The van der Waals surface area contributed by atoms with Crippen LogP contribution in [0.2, 0.25) is 5.02 Å². The highest BCUT2D eigenvalue weighted by atomic mass is 35.5. The van der Waals surface area contributed by atoms with Crippen molar-refractivity contribution >= 4 is 23.0 Å². The molecule has 5 heterocycles. The Kier molecular flexibility index (Phi) is 3.43. The van der Waals surface area contributed by atoms with E-state index in [0.29, 0.717) is 23.5 Å². The van der Waals surface area contributed by atoms with Crippen molar-refractivity contribution in [2.45, 2.75) is 18.5 Å².